The highest BCUT2D eigenvalue weighted by molar-refractivity contribution is 6.01. The lowest BCUT2D eigenvalue weighted by Gasteiger charge is -2.26. The molecule has 1 amide bonds. The molecule has 120 valence electrons. The van der Waals surface area contributed by atoms with Crippen molar-refractivity contribution in [1.29, 1.82) is 0 Å². The lowest BCUT2D eigenvalue weighted by atomic mass is 9.97. The number of carbonyl (C=O) groups is 2. The van der Waals surface area contributed by atoms with Crippen LogP contribution in [0.2, 0.25) is 0 Å². The molecule has 6 heteroatoms. The van der Waals surface area contributed by atoms with E-state index >= 15 is 0 Å². The van der Waals surface area contributed by atoms with E-state index in [2.05, 4.69) is 10.2 Å². The number of ether oxygens (including phenoxy) is 1. The van der Waals surface area contributed by atoms with Gasteiger partial charge in [0.25, 0.3) is 5.91 Å². The lowest BCUT2D eigenvalue weighted by Crippen LogP contribution is -2.38. The number of hydrogen-bond donors (Lipinski definition) is 1. The molecule has 22 heavy (non-hydrogen) atoms. The van der Waals surface area contributed by atoms with Gasteiger partial charge in [-0.15, -0.1) is 0 Å². The summed E-state index contributed by atoms with van der Waals surface area (Å²) in [4.78, 5) is 26.2. The molecular formula is C16H22N2O4. The number of ketones is 1. The van der Waals surface area contributed by atoms with E-state index < -0.39 is 0 Å². The Balaban J connectivity index is 1.45. The van der Waals surface area contributed by atoms with Gasteiger partial charge in [0.05, 0.1) is 18.8 Å². The number of amides is 1. The van der Waals surface area contributed by atoms with Crippen LogP contribution in [0.3, 0.4) is 0 Å². The second-order valence-electron chi connectivity index (χ2n) is 5.79. The van der Waals surface area contributed by atoms with Gasteiger partial charge in [0.15, 0.2) is 11.5 Å². The quantitative estimate of drug-likeness (QED) is 0.829. The van der Waals surface area contributed by atoms with Gasteiger partial charge in [0.1, 0.15) is 5.76 Å². The second-order valence-corrected chi connectivity index (χ2v) is 5.79. The predicted octanol–water partition coefficient (Wildman–Crippen LogP) is 1.25. The van der Waals surface area contributed by atoms with E-state index in [-0.39, 0.29) is 17.5 Å². The Labute approximate surface area is 129 Å². The Morgan fingerprint density at radius 3 is 2.86 bits per heavy atom. The highest BCUT2D eigenvalue weighted by atomic mass is 16.5. The number of hydrogen-bond acceptors (Lipinski definition) is 5. The van der Waals surface area contributed by atoms with Gasteiger partial charge >= 0.3 is 0 Å². The van der Waals surface area contributed by atoms with Crippen molar-refractivity contribution in [2.24, 2.45) is 0 Å². The summed E-state index contributed by atoms with van der Waals surface area (Å²) in [6.07, 6.45) is 2.99. The molecule has 1 aromatic heterocycles. The van der Waals surface area contributed by atoms with Gasteiger partial charge in [-0.25, -0.2) is 0 Å². The molecule has 0 aromatic carbocycles. The van der Waals surface area contributed by atoms with E-state index in [1.165, 1.54) is 0 Å². The first kappa shape index (κ1) is 15.2. The normalized spacial score (nSPS) is 19.0. The first-order valence-corrected chi connectivity index (χ1v) is 7.98. The fourth-order valence-corrected chi connectivity index (χ4v) is 2.92. The minimum Gasteiger partial charge on any atom is -0.455 e. The topological polar surface area (TPSA) is 71.8 Å². The summed E-state index contributed by atoms with van der Waals surface area (Å²) in [7, 11) is 0. The van der Waals surface area contributed by atoms with E-state index in [9.17, 15) is 9.59 Å². The van der Waals surface area contributed by atoms with Crippen LogP contribution in [0.1, 0.15) is 45.9 Å². The largest absolute Gasteiger partial charge is 0.455 e. The van der Waals surface area contributed by atoms with Crippen LogP contribution in [0.5, 0.6) is 0 Å². The third-order valence-corrected chi connectivity index (χ3v) is 4.18. The number of nitrogens with zero attached hydrogens (tertiary/aromatic N) is 1. The fourth-order valence-electron chi connectivity index (χ4n) is 2.92. The Morgan fingerprint density at radius 2 is 2.09 bits per heavy atom. The van der Waals surface area contributed by atoms with Crippen molar-refractivity contribution in [1.82, 2.24) is 10.2 Å². The summed E-state index contributed by atoms with van der Waals surface area (Å²) in [5, 5.41) is 2.86. The van der Waals surface area contributed by atoms with Gasteiger partial charge in [0, 0.05) is 38.5 Å². The summed E-state index contributed by atoms with van der Waals surface area (Å²) in [6.45, 7) is 5.06. The maximum atomic E-state index is 12.1. The van der Waals surface area contributed by atoms with Crippen LogP contribution in [0, 0.1) is 0 Å². The Hall–Kier alpha value is -1.66. The van der Waals surface area contributed by atoms with Gasteiger partial charge < -0.3 is 14.5 Å². The molecule has 0 saturated carbocycles. The summed E-state index contributed by atoms with van der Waals surface area (Å²) in [5.41, 5.74) is 0.588. The van der Waals surface area contributed by atoms with E-state index in [1.807, 2.05) is 0 Å². The molecule has 0 radical (unpaired) electrons. The number of carbonyl (C=O) groups excluding carboxylic acids is 2. The van der Waals surface area contributed by atoms with E-state index in [4.69, 9.17) is 9.15 Å². The van der Waals surface area contributed by atoms with Crippen molar-refractivity contribution < 1.29 is 18.7 Å². The lowest BCUT2D eigenvalue weighted by molar-refractivity contribution is 0.0374. The molecule has 1 aliphatic carbocycles. The first-order valence-electron chi connectivity index (χ1n) is 7.98. The van der Waals surface area contributed by atoms with Crippen molar-refractivity contribution in [3.05, 3.63) is 23.2 Å². The summed E-state index contributed by atoms with van der Waals surface area (Å²) in [5.74, 6) is 0.766. The number of Topliss-reactive ketones (excluding diaryl/α,β-unsaturated/α-hetero) is 1. The average Bonchev–Trinajstić information content (AvgIpc) is 2.98. The zero-order valence-electron chi connectivity index (χ0n) is 12.7. The van der Waals surface area contributed by atoms with Crippen LogP contribution in [0.4, 0.5) is 0 Å². The Morgan fingerprint density at radius 1 is 1.27 bits per heavy atom. The third-order valence-electron chi connectivity index (χ3n) is 4.18. The highest BCUT2D eigenvalue weighted by Gasteiger charge is 2.24. The Kier molecular flexibility index (Phi) is 4.90. The van der Waals surface area contributed by atoms with Crippen LogP contribution in [-0.4, -0.2) is 56.0 Å². The standard InChI is InChI=1S/C16H22N2O4/c19-13-3-1-4-14-12(13)11-15(22-14)16(20)17-5-2-6-18-7-9-21-10-8-18/h11H,1-10H2,(H,17,20). The van der Waals surface area contributed by atoms with E-state index in [0.29, 0.717) is 24.3 Å². The molecular weight excluding hydrogens is 284 g/mol. The van der Waals surface area contributed by atoms with Gasteiger partial charge in [-0.3, -0.25) is 14.5 Å². The molecule has 0 atom stereocenters. The van der Waals surface area contributed by atoms with Gasteiger partial charge in [-0.1, -0.05) is 0 Å². The SMILES string of the molecule is O=C(NCCCN1CCOCC1)c1cc2c(o1)CCCC2=O. The third kappa shape index (κ3) is 3.56. The van der Waals surface area contributed by atoms with Crippen molar-refractivity contribution >= 4 is 11.7 Å². The minimum absolute atomic E-state index is 0.0800. The van der Waals surface area contributed by atoms with Crippen molar-refractivity contribution in [2.45, 2.75) is 25.7 Å². The zero-order valence-corrected chi connectivity index (χ0v) is 12.7. The maximum absolute atomic E-state index is 12.1. The molecule has 1 aromatic rings. The predicted molar refractivity (Wildman–Crippen MR) is 80.2 cm³/mol. The van der Waals surface area contributed by atoms with Gasteiger partial charge in [-0.2, -0.15) is 0 Å². The zero-order chi connectivity index (χ0) is 15.4. The summed E-state index contributed by atoms with van der Waals surface area (Å²) >= 11 is 0. The molecule has 6 nitrogen and oxygen atoms in total. The molecule has 0 unspecified atom stereocenters. The number of aryl methyl sites for hydroxylation is 1. The number of fused-ring (bicyclic) bond motifs is 1. The molecule has 1 saturated heterocycles. The van der Waals surface area contributed by atoms with Crippen LogP contribution in [0.15, 0.2) is 10.5 Å². The van der Waals surface area contributed by atoms with Crippen molar-refractivity contribution in [3.8, 4) is 0 Å². The minimum atomic E-state index is -0.232. The average molecular weight is 306 g/mol. The highest BCUT2D eigenvalue weighted by Crippen LogP contribution is 2.24. The molecule has 2 aliphatic rings. The molecule has 2 heterocycles. The Bertz CT molecular complexity index is 546. The van der Waals surface area contributed by atoms with E-state index in [0.717, 1.165) is 52.1 Å². The van der Waals surface area contributed by atoms with Gasteiger partial charge in [0.2, 0.25) is 0 Å². The number of rotatable bonds is 5. The van der Waals surface area contributed by atoms with Gasteiger partial charge in [-0.05, 0) is 19.4 Å². The fraction of sp³-hybridized carbons (Fsp3) is 0.625. The smallest absolute Gasteiger partial charge is 0.287 e. The molecule has 1 aliphatic heterocycles. The van der Waals surface area contributed by atoms with Crippen LogP contribution in [0.25, 0.3) is 0 Å². The number of furan rings is 1. The van der Waals surface area contributed by atoms with Crippen LogP contribution < -0.4 is 5.32 Å². The maximum Gasteiger partial charge on any atom is 0.287 e. The molecule has 3 rings (SSSR count). The van der Waals surface area contributed by atoms with Crippen LogP contribution >= 0.6 is 0 Å². The number of nitrogens with one attached hydrogen (secondary N) is 1. The monoisotopic (exact) mass is 306 g/mol. The second kappa shape index (κ2) is 7.07. The van der Waals surface area contributed by atoms with Crippen LogP contribution in [-0.2, 0) is 11.2 Å². The summed E-state index contributed by atoms with van der Waals surface area (Å²) in [6, 6.07) is 1.59. The van der Waals surface area contributed by atoms with E-state index in [1.54, 1.807) is 6.07 Å². The molecule has 1 N–H and O–H groups in total. The molecule has 0 bridgehead atoms. The first-order chi connectivity index (χ1) is 10.7. The van der Waals surface area contributed by atoms with Crippen molar-refractivity contribution in [3.63, 3.8) is 0 Å². The molecule has 0 spiro atoms. The number of morpholine rings is 1. The van der Waals surface area contributed by atoms with Crippen molar-refractivity contribution in [2.75, 3.05) is 39.4 Å². The molecule has 1 fully saturated rings. The summed E-state index contributed by atoms with van der Waals surface area (Å²) < 4.78 is 10.8.